The molecule has 0 spiro atoms. The Kier molecular flexibility index (Phi) is 12.5. The lowest BCUT2D eigenvalue weighted by Gasteiger charge is -2.39. The Morgan fingerprint density at radius 3 is 2.33 bits per heavy atom. The molecule has 2 saturated heterocycles. The first-order chi connectivity index (χ1) is 22.7. The Hall–Kier alpha value is -3.24. The molecule has 2 aromatic rings. The number of aromatic hydroxyl groups is 1. The van der Waals surface area contributed by atoms with Crippen molar-refractivity contribution in [3.8, 4) is 5.75 Å². The van der Waals surface area contributed by atoms with Crippen LogP contribution in [-0.4, -0.2) is 94.0 Å². The highest BCUT2D eigenvalue weighted by Gasteiger charge is 2.38. The van der Waals surface area contributed by atoms with E-state index in [-0.39, 0.29) is 24.2 Å². The third-order valence-electron chi connectivity index (χ3n) is 9.89. The van der Waals surface area contributed by atoms with Crippen LogP contribution in [0.25, 0.3) is 6.08 Å². The molecule has 0 unspecified atom stereocenters. The van der Waals surface area contributed by atoms with E-state index < -0.39 is 29.3 Å². The van der Waals surface area contributed by atoms with Crippen molar-refractivity contribution in [2.24, 2.45) is 5.41 Å². The van der Waals surface area contributed by atoms with E-state index in [1.54, 1.807) is 13.8 Å². The maximum Gasteiger partial charge on any atom is 0.247 e. The average Bonchev–Trinajstić information content (AvgIpc) is 3.05. The fourth-order valence-corrected chi connectivity index (χ4v) is 6.70. The number of hydrogen-bond acceptors (Lipinski definition) is 7. The van der Waals surface area contributed by atoms with E-state index in [9.17, 15) is 24.9 Å². The van der Waals surface area contributed by atoms with Crippen molar-refractivity contribution in [1.29, 1.82) is 0 Å². The number of rotatable bonds is 12. The van der Waals surface area contributed by atoms with Crippen LogP contribution in [0.5, 0.6) is 5.75 Å². The number of benzene rings is 2. The van der Waals surface area contributed by atoms with E-state index in [4.69, 9.17) is 4.74 Å². The lowest BCUT2D eigenvalue weighted by molar-refractivity contribution is -0.143. The largest absolute Gasteiger partial charge is 0.508 e. The number of aliphatic hydroxyl groups excluding tert-OH is 2. The van der Waals surface area contributed by atoms with Gasteiger partial charge in [-0.2, -0.15) is 0 Å². The summed E-state index contributed by atoms with van der Waals surface area (Å²) < 4.78 is 6.04. The molecule has 2 aromatic carbocycles. The Bertz CT molecular complexity index is 1460. The number of piperazine rings is 1. The van der Waals surface area contributed by atoms with Crippen LogP contribution >= 0.6 is 0 Å². The maximum absolute atomic E-state index is 13.4. The second-order valence-electron chi connectivity index (χ2n) is 14.7. The molecule has 0 aliphatic carbocycles. The molecule has 2 fully saturated rings. The summed E-state index contributed by atoms with van der Waals surface area (Å²) in [4.78, 5) is 30.9. The quantitative estimate of drug-likeness (QED) is 0.255. The zero-order valence-electron chi connectivity index (χ0n) is 30.0. The second-order valence-corrected chi connectivity index (χ2v) is 14.7. The number of aliphatic hydroxyl groups is 2. The van der Waals surface area contributed by atoms with E-state index in [0.717, 1.165) is 60.3 Å². The van der Waals surface area contributed by atoms with E-state index in [0.29, 0.717) is 37.9 Å². The number of nitrogens with zero attached hydrogens (tertiary/aromatic N) is 2. The van der Waals surface area contributed by atoms with Gasteiger partial charge in [-0.15, -0.1) is 0 Å². The van der Waals surface area contributed by atoms with Crippen LogP contribution in [0.3, 0.4) is 0 Å². The first kappa shape index (κ1) is 37.6. The van der Waals surface area contributed by atoms with Gasteiger partial charge in [-0.1, -0.05) is 50.6 Å². The van der Waals surface area contributed by atoms with Crippen molar-refractivity contribution in [2.75, 3.05) is 39.3 Å². The molecule has 2 aliphatic heterocycles. The Labute approximate surface area is 287 Å². The summed E-state index contributed by atoms with van der Waals surface area (Å²) in [5.74, 6) is -0.105. The topological polar surface area (TPSA) is 123 Å². The SMILES string of the molecule is CCCc1cc(O)c([C@H]2C[C@@H](O)C[C@@H](CO)O2)cc1Cc1ccc(/C=C/C(C)(C)C(=O)NC(C)(C)C(=O)N2CCN(CC)CC2)cc1C. The van der Waals surface area contributed by atoms with Crippen molar-refractivity contribution in [3.63, 3.8) is 0 Å². The minimum Gasteiger partial charge on any atom is -0.508 e. The highest BCUT2D eigenvalue weighted by Crippen LogP contribution is 2.38. The Morgan fingerprint density at radius 1 is 1.00 bits per heavy atom. The highest BCUT2D eigenvalue weighted by atomic mass is 16.5. The molecule has 9 nitrogen and oxygen atoms in total. The number of aryl methyl sites for hydroxylation is 2. The number of carbonyl (C=O) groups is 2. The molecule has 0 radical (unpaired) electrons. The molecule has 3 atom stereocenters. The van der Waals surface area contributed by atoms with Gasteiger partial charge in [0.1, 0.15) is 11.3 Å². The molecule has 4 rings (SSSR count). The van der Waals surface area contributed by atoms with Gasteiger partial charge in [0.25, 0.3) is 0 Å². The van der Waals surface area contributed by atoms with Crippen LogP contribution in [0.4, 0.5) is 0 Å². The molecule has 2 amide bonds. The number of amides is 2. The van der Waals surface area contributed by atoms with Gasteiger partial charge in [-0.25, -0.2) is 0 Å². The zero-order valence-corrected chi connectivity index (χ0v) is 30.0. The Balaban J connectivity index is 1.46. The number of ether oxygens (including phenoxy) is 1. The van der Waals surface area contributed by atoms with Crippen molar-refractivity contribution in [2.45, 2.75) is 104 Å². The lowest BCUT2D eigenvalue weighted by Crippen LogP contribution is -2.61. The van der Waals surface area contributed by atoms with Crippen LogP contribution in [0.2, 0.25) is 0 Å². The Morgan fingerprint density at radius 2 is 1.71 bits per heavy atom. The molecule has 2 aliphatic rings. The van der Waals surface area contributed by atoms with Crippen LogP contribution in [0.15, 0.2) is 36.4 Å². The predicted octanol–water partition coefficient (Wildman–Crippen LogP) is 4.92. The molecule has 0 bridgehead atoms. The van der Waals surface area contributed by atoms with E-state index in [1.807, 2.05) is 49.1 Å². The first-order valence-electron chi connectivity index (χ1n) is 17.6. The molecule has 0 saturated carbocycles. The normalized spacial score (nSPS) is 21.1. The summed E-state index contributed by atoms with van der Waals surface area (Å²) in [6.45, 7) is 17.4. The van der Waals surface area contributed by atoms with Crippen molar-refractivity contribution >= 4 is 17.9 Å². The van der Waals surface area contributed by atoms with E-state index >= 15 is 0 Å². The molecule has 4 N–H and O–H groups in total. The summed E-state index contributed by atoms with van der Waals surface area (Å²) in [7, 11) is 0. The zero-order chi connectivity index (χ0) is 35.2. The predicted molar refractivity (Wildman–Crippen MR) is 190 cm³/mol. The maximum atomic E-state index is 13.4. The van der Waals surface area contributed by atoms with Crippen LogP contribution in [-0.2, 0) is 27.2 Å². The van der Waals surface area contributed by atoms with Gasteiger partial charge in [0.2, 0.25) is 11.8 Å². The number of hydrogen-bond donors (Lipinski definition) is 4. The minimum atomic E-state index is -1.01. The van der Waals surface area contributed by atoms with Gasteiger partial charge in [-0.05, 0) is 94.0 Å². The summed E-state index contributed by atoms with van der Waals surface area (Å²) in [6.07, 6.45) is 5.48. The molecule has 2 heterocycles. The smallest absolute Gasteiger partial charge is 0.247 e. The van der Waals surface area contributed by atoms with Gasteiger partial charge in [0.15, 0.2) is 0 Å². The van der Waals surface area contributed by atoms with Crippen molar-refractivity contribution in [1.82, 2.24) is 15.1 Å². The van der Waals surface area contributed by atoms with Gasteiger partial charge < -0.3 is 35.2 Å². The third kappa shape index (κ3) is 9.26. The van der Waals surface area contributed by atoms with Crippen molar-refractivity contribution < 1.29 is 29.6 Å². The lowest BCUT2D eigenvalue weighted by atomic mass is 9.88. The molecular formula is C39H57N3O6. The van der Waals surface area contributed by atoms with E-state index in [2.05, 4.69) is 43.1 Å². The average molecular weight is 664 g/mol. The molecular weight excluding hydrogens is 606 g/mol. The number of phenols is 1. The number of carbonyl (C=O) groups excluding carboxylic acids is 2. The van der Waals surface area contributed by atoms with E-state index in [1.165, 1.54) is 0 Å². The van der Waals surface area contributed by atoms with Gasteiger partial charge in [-0.3, -0.25) is 9.59 Å². The first-order valence-corrected chi connectivity index (χ1v) is 17.6. The van der Waals surface area contributed by atoms with Gasteiger partial charge >= 0.3 is 0 Å². The third-order valence-corrected chi connectivity index (χ3v) is 9.89. The summed E-state index contributed by atoms with van der Waals surface area (Å²) in [5, 5.41) is 34.0. The number of likely N-dealkylation sites (N-methyl/N-ethyl adjacent to an activating group) is 1. The van der Waals surface area contributed by atoms with Gasteiger partial charge in [0, 0.05) is 44.6 Å². The van der Waals surface area contributed by atoms with Gasteiger partial charge in [0.05, 0.1) is 30.3 Å². The fraction of sp³-hybridized carbons (Fsp3) is 0.590. The van der Waals surface area contributed by atoms with Crippen LogP contribution in [0.1, 0.15) is 100 Å². The molecule has 0 aromatic heterocycles. The molecule has 48 heavy (non-hydrogen) atoms. The molecule has 9 heteroatoms. The number of nitrogens with one attached hydrogen (secondary N) is 1. The summed E-state index contributed by atoms with van der Waals surface area (Å²) in [6, 6.07) is 10.1. The monoisotopic (exact) mass is 663 g/mol. The number of phenolic OH excluding ortho intramolecular Hbond substituents is 1. The molecule has 264 valence electrons. The highest BCUT2D eigenvalue weighted by molar-refractivity contribution is 5.93. The van der Waals surface area contributed by atoms with Crippen LogP contribution < -0.4 is 5.32 Å². The summed E-state index contributed by atoms with van der Waals surface area (Å²) >= 11 is 0. The second kappa shape index (κ2) is 16.0. The summed E-state index contributed by atoms with van der Waals surface area (Å²) in [5.41, 5.74) is 4.20. The van der Waals surface area contributed by atoms with Crippen molar-refractivity contribution in [3.05, 3.63) is 69.8 Å². The fourth-order valence-electron chi connectivity index (χ4n) is 6.70. The van der Waals surface area contributed by atoms with Crippen LogP contribution in [0, 0.1) is 12.3 Å². The standard InChI is InChI=1S/C39H57N3O6/c1-8-10-29-22-34(45)33(35-24-31(44)23-32(25-43)48-35)21-30(29)20-28-12-11-27(19-26(28)3)13-14-38(4,5)36(46)40-39(6,7)37(47)42-17-15-41(9-2)16-18-42/h11-14,19,21-22,31-32,35,43-45H,8-10,15-18,20,23-25H2,1-7H3,(H,40,46)/b14-13+/t31-,32-,35+/m0/s1. The minimum absolute atomic E-state index is 0.0568.